The monoisotopic (exact) mass is 462 g/mol. The van der Waals surface area contributed by atoms with E-state index < -0.39 is 23.7 Å². The van der Waals surface area contributed by atoms with Crippen LogP contribution in [0.15, 0.2) is 78.9 Å². The Morgan fingerprint density at radius 2 is 1.41 bits per heavy atom. The van der Waals surface area contributed by atoms with E-state index in [0.29, 0.717) is 11.3 Å². The molecule has 7 nitrogen and oxygen atoms in total. The second-order valence-corrected chi connectivity index (χ2v) is 8.38. The van der Waals surface area contributed by atoms with Crippen molar-refractivity contribution in [1.29, 1.82) is 0 Å². The second-order valence-electron chi connectivity index (χ2n) is 8.38. The van der Waals surface area contributed by atoms with Crippen LogP contribution in [0.25, 0.3) is 0 Å². The number of hydrogen-bond acceptors (Lipinski definition) is 7. The highest BCUT2D eigenvalue weighted by molar-refractivity contribution is 5.97. The van der Waals surface area contributed by atoms with Gasteiger partial charge in [-0.1, -0.05) is 60.7 Å². The third kappa shape index (κ3) is 7.48. The van der Waals surface area contributed by atoms with E-state index in [1.54, 1.807) is 63.2 Å². The molecular weight excluding hydrogens is 436 g/mol. The minimum absolute atomic E-state index is 0.0612. The summed E-state index contributed by atoms with van der Waals surface area (Å²) in [5.41, 5.74) is 0.274. The summed E-state index contributed by atoms with van der Waals surface area (Å²) in [6.07, 6.45) is -1.21. The summed E-state index contributed by atoms with van der Waals surface area (Å²) < 4.78 is 21.3. The van der Waals surface area contributed by atoms with Gasteiger partial charge in [0, 0.05) is 0 Å². The highest BCUT2D eigenvalue weighted by Crippen LogP contribution is 2.27. The molecule has 3 rings (SSSR count). The molecule has 7 heteroatoms. The lowest BCUT2D eigenvalue weighted by molar-refractivity contribution is -0.144. The van der Waals surface area contributed by atoms with Crippen LogP contribution in [0, 0.1) is 0 Å². The van der Waals surface area contributed by atoms with Crippen LogP contribution in [-0.2, 0) is 27.3 Å². The van der Waals surface area contributed by atoms with E-state index in [1.165, 1.54) is 6.07 Å². The minimum atomic E-state index is -0.981. The summed E-state index contributed by atoms with van der Waals surface area (Å²) in [4.78, 5) is 37.9. The van der Waals surface area contributed by atoms with Gasteiger partial charge in [0.1, 0.15) is 29.3 Å². The van der Waals surface area contributed by atoms with Gasteiger partial charge in [-0.05, 0) is 50.1 Å². The molecule has 0 bridgehead atoms. The molecule has 0 radical (unpaired) electrons. The van der Waals surface area contributed by atoms with Gasteiger partial charge in [0.15, 0.2) is 0 Å². The Morgan fingerprint density at radius 3 is 2.06 bits per heavy atom. The van der Waals surface area contributed by atoms with Crippen LogP contribution in [0.5, 0.6) is 11.5 Å². The summed E-state index contributed by atoms with van der Waals surface area (Å²) in [6.45, 7) is 5.17. The zero-order valence-electron chi connectivity index (χ0n) is 19.3. The molecule has 0 amide bonds. The van der Waals surface area contributed by atoms with E-state index >= 15 is 0 Å². The van der Waals surface area contributed by atoms with Crippen molar-refractivity contribution in [3.8, 4) is 11.5 Å². The third-order valence-corrected chi connectivity index (χ3v) is 4.43. The van der Waals surface area contributed by atoms with Gasteiger partial charge in [0.2, 0.25) is 0 Å². The van der Waals surface area contributed by atoms with Crippen molar-refractivity contribution in [2.75, 3.05) is 0 Å². The third-order valence-electron chi connectivity index (χ3n) is 4.43. The Kier molecular flexibility index (Phi) is 8.03. The van der Waals surface area contributed by atoms with Gasteiger partial charge in [-0.3, -0.25) is 4.79 Å². The molecule has 34 heavy (non-hydrogen) atoms. The van der Waals surface area contributed by atoms with Crippen molar-refractivity contribution in [3.05, 3.63) is 95.6 Å². The molecule has 176 valence electrons. The van der Waals surface area contributed by atoms with Crippen molar-refractivity contribution in [2.24, 2.45) is 0 Å². The largest absolute Gasteiger partial charge is 0.514 e. The van der Waals surface area contributed by atoms with Gasteiger partial charge >= 0.3 is 18.1 Å². The first-order valence-electron chi connectivity index (χ1n) is 10.7. The number of rotatable bonds is 7. The Labute approximate surface area is 198 Å². The molecular formula is C27H26O7. The molecule has 0 aliphatic heterocycles. The average molecular weight is 462 g/mol. The molecule has 0 aliphatic rings. The van der Waals surface area contributed by atoms with Gasteiger partial charge in [0.05, 0.1) is 6.42 Å². The summed E-state index contributed by atoms with van der Waals surface area (Å²) >= 11 is 0. The number of benzene rings is 3. The minimum Gasteiger partial charge on any atom is -0.461 e. The zero-order valence-corrected chi connectivity index (χ0v) is 19.3. The molecule has 3 aromatic rings. The highest BCUT2D eigenvalue weighted by Gasteiger charge is 2.25. The molecule has 0 fully saturated rings. The molecule has 0 atom stereocenters. The van der Waals surface area contributed by atoms with Gasteiger partial charge in [-0.15, -0.1) is 0 Å². The molecule has 0 aromatic heterocycles. The van der Waals surface area contributed by atoms with E-state index in [2.05, 4.69) is 0 Å². The number of esters is 2. The van der Waals surface area contributed by atoms with Crippen molar-refractivity contribution < 1.29 is 33.3 Å². The number of para-hydroxylation sites is 1. The fourth-order valence-electron chi connectivity index (χ4n) is 2.99. The predicted molar refractivity (Wildman–Crippen MR) is 125 cm³/mol. The fourth-order valence-corrected chi connectivity index (χ4v) is 2.99. The van der Waals surface area contributed by atoms with Crippen molar-refractivity contribution in [1.82, 2.24) is 0 Å². The van der Waals surface area contributed by atoms with Crippen molar-refractivity contribution >= 4 is 18.1 Å². The van der Waals surface area contributed by atoms with E-state index in [0.717, 1.165) is 5.56 Å². The average Bonchev–Trinajstić information content (AvgIpc) is 2.78. The molecule has 0 heterocycles. The number of hydrogen-bond donors (Lipinski definition) is 0. The number of carbonyl (C=O) groups is 3. The van der Waals surface area contributed by atoms with Crippen molar-refractivity contribution in [2.45, 2.75) is 39.4 Å². The highest BCUT2D eigenvalue weighted by atomic mass is 16.7. The van der Waals surface area contributed by atoms with Crippen LogP contribution >= 0.6 is 0 Å². The van der Waals surface area contributed by atoms with Crippen LogP contribution in [0.3, 0.4) is 0 Å². The van der Waals surface area contributed by atoms with Crippen LogP contribution < -0.4 is 9.47 Å². The standard InChI is InChI=1S/C27H26O7/c1-27(2,3)34-26(30)33-22-16-10-13-20(17-23(28)31-18-19-11-6-4-7-12-19)24(22)25(29)32-21-14-8-5-9-15-21/h4-16H,17-18H2,1-3H3. The smallest absolute Gasteiger partial charge is 0.461 e. The molecule has 0 N–H and O–H groups in total. The first kappa shape index (κ1) is 24.5. The summed E-state index contributed by atoms with van der Waals surface area (Å²) in [5, 5.41) is 0. The summed E-state index contributed by atoms with van der Waals surface area (Å²) in [5.74, 6) is -1.11. The summed E-state index contributed by atoms with van der Waals surface area (Å²) in [6, 6.07) is 22.3. The maximum absolute atomic E-state index is 13.1. The number of carbonyl (C=O) groups excluding carboxylic acids is 3. The molecule has 0 spiro atoms. The molecule has 0 aliphatic carbocycles. The van der Waals surface area contributed by atoms with Crippen LogP contribution in [-0.4, -0.2) is 23.7 Å². The lowest BCUT2D eigenvalue weighted by Gasteiger charge is -2.20. The van der Waals surface area contributed by atoms with Crippen LogP contribution in [0.2, 0.25) is 0 Å². The first-order valence-corrected chi connectivity index (χ1v) is 10.7. The second kappa shape index (κ2) is 11.1. The van der Waals surface area contributed by atoms with E-state index in [1.807, 2.05) is 30.3 Å². The molecule has 0 saturated heterocycles. The van der Waals surface area contributed by atoms with Gasteiger partial charge in [-0.2, -0.15) is 0 Å². The Hall–Kier alpha value is -4.13. The molecule has 0 saturated carbocycles. The fraction of sp³-hybridized carbons (Fsp3) is 0.222. The zero-order chi connectivity index (χ0) is 24.6. The normalized spacial score (nSPS) is 10.8. The first-order chi connectivity index (χ1) is 16.2. The maximum Gasteiger partial charge on any atom is 0.514 e. The maximum atomic E-state index is 13.1. The van der Waals surface area contributed by atoms with Crippen LogP contribution in [0.1, 0.15) is 42.3 Å². The Morgan fingerprint density at radius 1 is 0.765 bits per heavy atom. The van der Waals surface area contributed by atoms with E-state index in [-0.39, 0.29) is 24.3 Å². The number of ether oxygens (including phenoxy) is 4. The van der Waals surface area contributed by atoms with Crippen molar-refractivity contribution in [3.63, 3.8) is 0 Å². The van der Waals surface area contributed by atoms with Gasteiger partial charge in [-0.25, -0.2) is 9.59 Å². The SMILES string of the molecule is CC(C)(C)OC(=O)Oc1cccc(CC(=O)OCc2ccccc2)c1C(=O)Oc1ccccc1. The predicted octanol–water partition coefficient (Wildman–Crippen LogP) is 5.51. The lowest BCUT2D eigenvalue weighted by Crippen LogP contribution is -2.27. The van der Waals surface area contributed by atoms with Gasteiger partial charge in [0.25, 0.3) is 0 Å². The van der Waals surface area contributed by atoms with E-state index in [9.17, 15) is 14.4 Å². The molecule has 3 aromatic carbocycles. The quantitative estimate of drug-likeness (QED) is 0.260. The molecule has 0 unspecified atom stereocenters. The lowest BCUT2D eigenvalue weighted by atomic mass is 10.0. The Balaban J connectivity index is 1.84. The van der Waals surface area contributed by atoms with Crippen LogP contribution in [0.4, 0.5) is 4.79 Å². The van der Waals surface area contributed by atoms with E-state index in [4.69, 9.17) is 18.9 Å². The summed E-state index contributed by atoms with van der Waals surface area (Å²) in [7, 11) is 0. The Bertz CT molecular complexity index is 1130. The topological polar surface area (TPSA) is 88.1 Å². The van der Waals surface area contributed by atoms with Gasteiger partial charge < -0.3 is 18.9 Å².